The molecule has 1 heterocycles. The van der Waals surface area contributed by atoms with Gasteiger partial charge < -0.3 is 10.6 Å². The molecule has 0 fully saturated rings. The van der Waals surface area contributed by atoms with E-state index in [1.165, 1.54) is 0 Å². The second-order valence-electron chi connectivity index (χ2n) is 4.67. The van der Waals surface area contributed by atoms with Crippen LogP contribution in [0.5, 0.6) is 0 Å². The standard InChI is InChI=1S/C15H18ClN3/c1-10-8-9-18-15(14(10)17)19(3)11(2)12-6-4-5-7-13(12)16/h4-9,11H,17H2,1-3H3. The zero-order chi connectivity index (χ0) is 14.0. The molecule has 0 saturated heterocycles. The van der Waals surface area contributed by atoms with Gasteiger partial charge in [0.05, 0.1) is 11.7 Å². The summed E-state index contributed by atoms with van der Waals surface area (Å²) < 4.78 is 0. The number of halogens is 1. The van der Waals surface area contributed by atoms with E-state index in [1.54, 1.807) is 6.20 Å². The van der Waals surface area contributed by atoms with Crippen LogP contribution in [0.2, 0.25) is 5.02 Å². The highest BCUT2D eigenvalue weighted by molar-refractivity contribution is 6.31. The summed E-state index contributed by atoms with van der Waals surface area (Å²) in [6, 6.07) is 9.85. The van der Waals surface area contributed by atoms with Crippen LogP contribution in [0.25, 0.3) is 0 Å². The van der Waals surface area contributed by atoms with Crippen LogP contribution >= 0.6 is 11.6 Å². The van der Waals surface area contributed by atoms with Crippen LogP contribution in [0.15, 0.2) is 36.5 Å². The van der Waals surface area contributed by atoms with Crippen LogP contribution in [-0.4, -0.2) is 12.0 Å². The smallest absolute Gasteiger partial charge is 0.152 e. The number of nitrogens with zero attached hydrogens (tertiary/aromatic N) is 2. The molecule has 1 atom stereocenters. The average Bonchev–Trinajstić information content (AvgIpc) is 2.41. The Hall–Kier alpha value is -1.74. The molecule has 0 spiro atoms. The van der Waals surface area contributed by atoms with Gasteiger partial charge in [-0.15, -0.1) is 0 Å². The van der Waals surface area contributed by atoms with E-state index in [9.17, 15) is 0 Å². The van der Waals surface area contributed by atoms with Crippen molar-refractivity contribution in [3.63, 3.8) is 0 Å². The maximum atomic E-state index is 6.24. The van der Waals surface area contributed by atoms with E-state index in [0.29, 0.717) is 5.69 Å². The van der Waals surface area contributed by atoms with Crippen molar-refractivity contribution in [1.82, 2.24) is 4.98 Å². The third kappa shape index (κ3) is 2.66. The number of hydrogen-bond acceptors (Lipinski definition) is 3. The zero-order valence-corrected chi connectivity index (χ0v) is 12.1. The molecular formula is C15H18ClN3. The lowest BCUT2D eigenvalue weighted by atomic mass is 10.1. The minimum absolute atomic E-state index is 0.102. The van der Waals surface area contributed by atoms with Gasteiger partial charge in [0.1, 0.15) is 0 Å². The SMILES string of the molecule is Cc1ccnc(N(C)C(C)c2ccccc2Cl)c1N. The van der Waals surface area contributed by atoms with E-state index >= 15 is 0 Å². The van der Waals surface area contributed by atoms with E-state index in [-0.39, 0.29) is 6.04 Å². The predicted molar refractivity (Wildman–Crippen MR) is 81.7 cm³/mol. The van der Waals surface area contributed by atoms with E-state index in [4.69, 9.17) is 17.3 Å². The molecule has 2 rings (SSSR count). The summed E-state index contributed by atoms with van der Waals surface area (Å²) in [4.78, 5) is 6.42. The number of aromatic nitrogens is 1. The highest BCUT2D eigenvalue weighted by Gasteiger charge is 2.18. The Morgan fingerprint density at radius 3 is 2.63 bits per heavy atom. The molecule has 0 saturated carbocycles. The predicted octanol–water partition coefficient (Wildman–Crippen LogP) is 3.82. The van der Waals surface area contributed by atoms with Crippen molar-refractivity contribution in [1.29, 1.82) is 0 Å². The van der Waals surface area contributed by atoms with Gasteiger partial charge in [-0.25, -0.2) is 4.98 Å². The van der Waals surface area contributed by atoms with Crippen LogP contribution in [-0.2, 0) is 0 Å². The first kappa shape index (κ1) is 13.7. The molecule has 0 aliphatic rings. The quantitative estimate of drug-likeness (QED) is 0.926. The van der Waals surface area contributed by atoms with Gasteiger partial charge in [-0.1, -0.05) is 29.8 Å². The number of pyridine rings is 1. The van der Waals surface area contributed by atoms with Gasteiger partial charge in [0.15, 0.2) is 5.82 Å². The fourth-order valence-corrected chi connectivity index (χ4v) is 2.34. The molecule has 0 bridgehead atoms. The monoisotopic (exact) mass is 275 g/mol. The summed E-state index contributed by atoms with van der Waals surface area (Å²) in [5.41, 5.74) is 8.91. The average molecular weight is 276 g/mol. The molecular weight excluding hydrogens is 258 g/mol. The van der Waals surface area contributed by atoms with E-state index < -0.39 is 0 Å². The topological polar surface area (TPSA) is 42.2 Å². The molecule has 1 aromatic carbocycles. The molecule has 1 aromatic heterocycles. The third-order valence-corrected chi connectivity index (χ3v) is 3.80. The molecule has 0 amide bonds. The molecule has 4 heteroatoms. The Morgan fingerprint density at radius 2 is 1.95 bits per heavy atom. The van der Waals surface area contributed by atoms with Gasteiger partial charge in [0.2, 0.25) is 0 Å². The van der Waals surface area contributed by atoms with Gasteiger partial charge in [-0.2, -0.15) is 0 Å². The van der Waals surface area contributed by atoms with Crippen molar-refractivity contribution >= 4 is 23.1 Å². The second kappa shape index (κ2) is 5.49. The molecule has 100 valence electrons. The van der Waals surface area contributed by atoms with Gasteiger partial charge in [-0.3, -0.25) is 0 Å². The molecule has 3 nitrogen and oxygen atoms in total. The number of nitrogens with two attached hydrogens (primary N) is 1. The van der Waals surface area contributed by atoms with Crippen molar-refractivity contribution in [2.75, 3.05) is 17.7 Å². The molecule has 2 N–H and O–H groups in total. The lowest BCUT2D eigenvalue weighted by Crippen LogP contribution is -2.24. The highest BCUT2D eigenvalue weighted by atomic mass is 35.5. The Bertz CT molecular complexity index is 583. The Morgan fingerprint density at radius 1 is 1.26 bits per heavy atom. The van der Waals surface area contributed by atoms with Crippen molar-refractivity contribution in [3.8, 4) is 0 Å². The largest absolute Gasteiger partial charge is 0.396 e. The lowest BCUT2D eigenvalue weighted by molar-refractivity contribution is 0.730. The first-order chi connectivity index (χ1) is 9.02. The highest BCUT2D eigenvalue weighted by Crippen LogP contribution is 2.32. The summed E-state index contributed by atoms with van der Waals surface area (Å²) >= 11 is 6.24. The van der Waals surface area contributed by atoms with Gasteiger partial charge in [0.25, 0.3) is 0 Å². The normalized spacial score (nSPS) is 12.2. The number of rotatable bonds is 3. The molecule has 0 radical (unpaired) electrons. The van der Waals surface area contributed by atoms with Crippen LogP contribution in [0, 0.1) is 6.92 Å². The third-order valence-electron chi connectivity index (χ3n) is 3.46. The first-order valence-corrected chi connectivity index (χ1v) is 6.58. The summed E-state index contributed by atoms with van der Waals surface area (Å²) in [5, 5.41) is 0.757. The summed E-state index contributed by atoms with van der Waals surface area (Å²) in [5.74, 6) is 0.785. The number of anilines is 2. The molecule has 0 aliphatic heterocycles. The van der Waals surface area contributed by atoms with Gasteiger partial charge in [0, 0.05) is 18.3 Å². The van der Waals surface area contributed by atoms with Crippen molar-refractivity contribution in [3.05, 3.63) is 52.7 Å². The van der Waals surface area contributed by atoms with Gasteiger partial charge in [-0.05, 0) is 37.1 Å². The fraction of sp³-hybridized carbons (Fsp3) is 0.267. The van der Waals surface area contributed by atoms with E-state index in [1.807, 2.05) is 49.2 Å². The second-order valence-corrected chi connectivity index (χ2v) is 5.08. The molecule has 1 unspecified atom stereocenters. The zero-order valence-electron chi connectivity index (χ0n) is 11.4. The van der Waals surface area contributed by atoms with E-state index in [0.717, 1.165) is 22.0 Å². The number of aryl methyl sites for hydroxylation is 1. The summed E-state index contributed by atoms with van der Waals surface area (Å²) in [6.07, 6.45) is 1.77. The fourth-order valence-electron chi connectivity index (χ4n) is 2.04. The Balaban J connectivity index is 2.37. The molecule has 0 aliphatic carbocycles. The van der Waals surface area contributed by atoms with Crippen LogP contribution in [0.4, 0.5) is 11.5 Å². The van der Waals surface area contributed by atoms with Crippen molar-refractivity contribution < 1.29 is 0 Å². The molecule has 2 aromatic rings. The Labute approximate surface area is 119 Å². The number of benzene rings is 1. The van der Waals surface area contributed by atoms with Crippen molar-refractivity contribution in [2.24, 2.45) is 0 Å². The molecule has 19 heavy (non-hydrogen) atoms. The maximum absolute atomic E-state index is 6.24. The van der Waals surface area contributed by atoms with E-state index in [2.05, 4.69) is 11.9 Å². The van der Waals surface area contributed by atoms with Crippen LogP contribution in [0.3, 0.4) is 0 Å². The van der Waals surface area contributed by atoms with Gasteiger partial charge >= 0.3 is 0 Å². The minimum Gasteiger partial charge on any atom is -0.396 e. The summed E-state index contributed by atoms with van der Waals surface area (Å²) in [7, 11) is 1.98. The first-order valence-electron chi connectivity index (χ1n) is 6.20. The maximum Gasteiger partial charge on any atom is 0.152 e. The van der Waals surface area contributed by atoms with Crippen LogP contribution in [0.1, 0.15) is 24.1 Å². The lowest BCUT2D eigenvalue weighted by Gasteiger charge is -2.28. The van der Waals surface area contributed by atoms with Crippen LogP contribution < -0.4 is 10.6 Å². The Kier molecular flexibility index (Phi) is 3.96. The minimum atomic E-state index is 0.102. The summed E-state index contributed by atoms with van der Waals surface area (Å²) in [6.45, 7) is 4.07. The number of hydrogen-bond donors (Lipinski definition) is 1. The number of nitrogen functional groups attached to an aromatic ring is 1. The van der Waals surface area contributed by atoms with Crippen molar-refractivity contribution in [2.45, 2.75) is 19.9 Å².